The minimum Gasteiger partial charge on any atom is -0.477 e. The number of hydrogen-bond acceptors (Lipinski definition) is 6. The number of aryl methyl sites for hydroxylation is 1. The number of hydrogen-bond donors (Lipinski definition) is 1. The van der Waals surface area contributed by atoms with Crippen molar-refractivity contribution < 1.29 is 14.7 Å². The molecule has 7 nitrogen and oxygen atoms in total. The fraction of sp³-hybridized carbons (Fsp3) is 0.600. The molecular weight excluding hydrogens is 412 g/mol. The Balaban J connectivity index is 1.69. The number of aliphatic imine (C=N–C) groups is 1. The number of anilines is 1. The number of rotatable bonds is 9. The van der Waals surface area contributed by atoms with Gasteiger partial charge in [-0.1, -0.05) is 50.1 Å². The van der Waals surface area contributed by atoms with Gasteiger partial charge in [0.25, 0.3) is 5.91 Å². The molecule has 2 aliphatic rings. The number of carbonyl (C=O) groups is 2. The molecule has 2 aliphatic heterocycles. The van der Waals surface area contributed by atoms with Gasteiger partial charge in [-0.05, 0) is 24.8 Å². The second-order valence-electron chi connectivity index (χ2n) is 7.33. The van der Waals surface area contributed by atoms with Gasteiger partial charge in [0.2, 0.25) is 0 Å². The Morgan fingerprint density at radius 1 is 1.28 bits per heavy atom. The van der Waals surface area contributed by atoms with Crippen LogP contribution in [0.3, 0.4) is 0 Å². The summed E-state index contributed by atoms with van der Waals surface area (Å²) in [6.45, 7) is 8.02. The first kappa shape index (κ1) is 21.8. The third-order valence-corrected chi connectivity index (χ3v) is 6.88. The van der Waals surface area contributed by atoms with Gasteiger partial charge in [-0.25, -0.2) is 14.8 Å². The fourth-order valence-electron chi connectivity index (χ4n) is 3.54. The maximum atomic E-state index is 13.1. The number of unbranched alkanes of at least 4 members (excludes halogenated alkanes) is 1. The van der Waals surface area contributed by atoms with E-state index in [0.717, 1.165) is 30.0 Å². The lowest BCUT2D eigenvalue weighted by Gasteiger charge is -2.45. The second-order valence-corrected chi connectivity index (χ2v) is 8.66. The van der Waals surface area contributed by atoms with E-state index in [9.17, 15) is 14.7 Å². The Hall–Kier alpha value is -1.93. The Morgan fingerprint density at radius 3 is 2.52 bits per heavy atom. The highest BCUT2D eigenvalue weighted by Gasteiger charge is 2.38. The predicted molar refractivity (Wildman–Crippen MR) is 116 cm³/mol. The quantitative estimate of drug-likeness (QED) is 0.590. The minimum atomic E-state index is -0.933. The van der Waals surface area contributed by atoms with E-state index in [2.05, 4.69) is 16.9 Å². The first-order valence-electron chi connectivity index (χ1n) is 10.1. The van der Waals surface area contributed by atoms with Crippen LogP contribution in [0.5, 0.6) is 0 Å². The van der Waals surface area contributed by atoms with E-state index in [1.54, 1.807) is 0 Å². The molecule has 0 aliphatic carbocycles. The summed E-state index contributed by atoms with van der Waals surface area (Å²) < 4.78 is 0. The lowest BCUT2D eigenvalue weighted by atomic mass is 10.0. The standard InChI is InChI=1S/C20H27ClN4O3S/c1-4-7-8-25(18(26)15-9-12(5-2)17(21)22-15)13-10-24(11-13)20-23-14(6-3)16(29-20)19(27)28/h13H,4-11H2,1-3H3,(H,27,28). The molecule has 0 unspecified atom stereocenters. The van der Waals surface area contributed by atoms with Gasteiger partial charge in [-0.2, -0.15) is 0 Å². The number of allylic oxidation sites excluding steroid dienone is 1. The van der Waals surface area contributed by atoms with Gasteiger partial charge < -0.3 is 14.9 Å². The van der Waals surface area contributed by atoms with E-state index in [4.69, 9.17) is 11.6 Å². The molecule has 1 N–H and O–H groups in total. The molecule has 1 aromatic rings. The van der Waals surface area contributed by atoms with Crippen LogP contribution < -0.4 is 4.90 Å². The molecule has 1 aromatic heterocycles. The maximum absolute atomic E-state index is 13.1. The zero-order valence-corrected chi connectivity index (χ0v) is 18.6. The summed E-state index contributed by atoms with van der Waals surface area (Å²) in [5.41, 5.74) is 2.15. The van der Waals surface area contributed by atoms with Crippen LogP contribution in [0.25, 0.3) is 0 Å². The smallest absolute Gasteiger partial charge is 0.347 e. The Bertz CT molecular complexity index is 858. The second kappa shape index (κ2) is 9.26. The normalized spacial score (nSPS) is 16.8. The van der Waals surface area contributed by atoms with Crippen LogP contribution >= 0.6 is 22.9 Å². The van der Waals surface area contributed by atoms with Crippen molar-refractivity contribution in [1.29, 1.82) is 0 Å². The molecule has 158 valence electrons. The SMILES string of the molecule is CCCCN(C(=O)C1=NC(Cl)=C(CC)C1)C1CN(c2nc(CC)c(C(=O)O)s2)C1. The highest BCUT2D eigenvalue weighted by atomic mass is 35.5. The molecule has 3 rings (SSSR count). The minimum absolute atomic E-state index is 0.0377. The lowest BCUT2D eigenvalue weighted by molar-refractivity contribution is -0.127. The van der Waals surface area contributed by atoms with Gasteiger partial charge >= 0.3 is 5.97 Å². The van der Waals surface area contributed by atoms with Gasteiger partial charge in [-0.3, -0.25) is 4.79 Å². The van der Waals surface area contributed by atoms with Crippen LogP contribution in [0.4, 0.5) is 5.13 Å². The number of aromatic carboxylic acids is 1. The molecule has 9 heteroatoms. The average molecular weight is 439 g/mol. The summed E-state index contributed by atoms with van der Waals surface area (Å²) in [7, 11) is 0. The number of carbonyl (C=O) groups excluding carboxylic acids is 1. The number of halogens is 1. The van der Waals surface area contributed by atoms with Crippen LogP contribution in [0.1, 0.15) is 61.8 Å². The molecule has 1 saturated heterocycles. The number of amides is 1. The van der Waals surface area contributed by atoms with E-state index in [1.165, 1.54) is 11.3 Å². The summed E-state index contributed by atoms with van der Waals surface area (Å²) in [6, 6.07) is 0.0726. The topological polar surface area (TPSA) is 86.1 Å². The molecule has 3 heterocycles. The average Bonchev–Trinajstić information content (AvgIpc) is 3.26. The Labute approximate surface area is 180 Å². The van der Waals surface area contributed by atoms with Crippen molar-refractivity contribution in [2.45, 2.75) is 58.9 Å². The molecule has 0 saturated carbocycles. The largest absolute Gasteiger partial charge is 0.477 e. The molecular formula is C20H27ClN4O3S. The molecule has 0 bridgehead atoms. The molecule has 0 spiro atoms. The van der Waals surface area contributed by atoms with Crippen LogP contribution in [-0.2, 0) is 11.2 Å². The van der Waals surface area contributed by atoms with Gasteiger partial charge in [0, 0.05) is 26.1 Å². The zero-order chi connectivity index (χ0) is 21.1. The van der Waals surface area contributed by atoms with E-state index in [1.807, 2.05) is 23.6 Å². The summed E-state index contributed by atoms with van der Waals surface area (Å²) in [4.78, 5) is 37.6. The van der Waals surface area contributed by atoms with Crippen molar-refractivity contribution in [2.75, 3.05) is 24.5 Å². The van der Waals surface area contributed by atoms with Crippen LogP contribution in [-0.4, -0.2) is 58.3 Å². The van der Waals surface area contributed by atoms with Crippen LogP contribution in [0, 0.1) is 0 Å². The highest BCUT2D eigenvalue weighted by molar-refractivity contribution is 7.17. The number of nitrogens with zero attached hydrogens (tertiary/aromatic N) is 4. The van der Waals surface area contributed by atoms with Crippen molar-refractivity contribution in [3.05, 3.63) is 21.3 Å². The molecule has 0 radical (unpaired) electrons. The summed E-state index contributed by atoms with van der Waals surface area (Å²) in [5.74, 6) is -0.970. The molecule has 29 heavy (non-hydrogen) atoms. The number of thiazole rings is 1. The van der Waals surface area contributed by atoms with Crippen molar-refractivity contribution in [2.24, 2.45) is 4.99 Å². The molecule has 0 atom stereocenters. The van der Waals surface area contributed by atoms with Gasteiger partial charge in [0.15, 0.2) is 5.13 Å². The molecule has 1 fully saturated rings. The number of carboxylic acid groups (broad SMARTS) is 1. The van der Waals surface area contributed by atoms with Crippen LogP contribution in [0.2, 0.25) is 0 Å². The number of carboxylic acids is 1. The van der Waals surface area contributed by atoms with E-state index >= 15 is 0 Å². The molecule has 1 amide bonds. The van der Waals surface area contributed by atoms with Gasteiger partial charge in [0.05, 0.1) is 11.7 Å². The Morgan fingerprint density at radius 2 is 2.00 bits per heavy atom. The van der Waals surface area contributed by atoms with Crippen molar-refractivity contribution >= 4 is 45.7 Å². The van der Waals surface area contributed by atoms with Gasteiger partial charge in [-0.15, -0.1) is 0 Å². The first-order valence-corrected chi connectivity index (χ1v) is 11.3. The van der Waals surface area contributed by atoms with Crippen molar-refractivity contribution in [3.63, 3.8) is 0 Å². The summed E-state index contributed by atoms with van der Waals surface area (Å²) in [5, 5.41) is 10.5. The lowest BCUT2D eigenvalue weighted by Crippen LogP contribution is -2.62. The molecule has 0 aromatic carbocycles. The van der Waals surface area contributed by atoms with Crippen molar-refractivity contribution in [1.82, 2.24) is 9.88 Å². The summed E-state index contributed by atoms with van der Waals surface area (Å²) >= 11 is 7.38. The van der Waals surface area contributed by atoms with Gasteiger partial charge in [0.1, 0.15) is 15.7 Å². The van der Waals surface area contributed by atoms with Crippen molar-refractivity contribution in [3.8, 4) is 0 Å². The monoisotopic (exact) mass is 438 g/mol. The zero-order valence-electron chi connectivity index (χ0n) is 17.1. The van der Waals surface area contributed by atoms with E-state index in [0.29, 0.717) is 53.9 Å². The fourth-order valence-corrected chi connectivity index (χ4v) is 4.85. The Kier molecular flexibility index (Phi) is 6.95. The summed E-state index contributed by atoms with van der Waals surface area (Å²) in [6.07, 6.45) is 3.84. The van der Waals surface area contributed by atoms with Crippen LogP contribution in [0.15, 0.2) is 15.7 Å². The number of aromatic nitrogens is 1. The van der Waals surface area contributed by atoms with E-state index in [-0.39, 0.29) is 11.9 Å². The first-order chi connectivity index (χ1) is 13.9. The highest BCUT2D eigenvalue weighted by Crippen LogP contribution is 2.32. The third kappa shape index (κ3) is 4.48. The third-order valence-electron chi connectivity index (χ3n) is 5.38. The predicted octanol–water partition coefficient (Wildman–Crippen LogP) is 3.93. The van der Waals surface area contributed by atoms with E-state index < -0.39 is 5.97 Å². The maximum Gasteiger partial charge on any atom is 0.347 e.